The number of allylic oxidation sites excluding steroid dienone is 4. The van der Waals surface area contributed by atoms with E-state index in [4.69, 9.17) is 0 Å². The lowest BCUT2D eigenvalue weighted by molar-refractivity contribution is 1.06. The summed E-state index contributed by atoms with van der Waals surface area (Å²) < 4.78 is 5.11. The van der Waals surface area contributed by atoms with Crippen LogP contribution in [0.4, 0.5) is 0 Å². The average Bonchev–Trinajstić information content (AvgIpc) is 3.52. The van der Waals surface area contributed by atoms with Crippen molar-refractivity contribution in [2.75, 3.05) is 0 Å². The van der Waals surface area contributed by atoms with Crippen molar-refractivity contribution in [2.24, 2.45) is 0 Å². The quantitative estimate of drug-likeness (QED) is 0.226. The third-order valence-corrected chi connectivity index (χ3v) is 9.01. The Balaban J connectivity index is 1.30. The van der Waals surface area contributed by atoms with Gasteiger partial charge in [-0.05, 0) is 71.5 Å². The second kappa shape index (κ2) is 8.58. The lowest BCUT2D eigenvalue weighted by Gasteiger charge is -2.15. The largest absolute Gasteiger partial charge is 0.309 e. The highest BCUT2D eigenvalue weighted by molar-refractivity contribution is 7.25. The van der Waals surface area contributed by atoms with E-state index in [0.717, 1.165) is 12.8 Å². The Labute approximate surface area is 225 Å². The number of thiophene rings is 1. The Kier molecular flexibility index (Phi) is 4.89. The van der Waals surface area contributed by atoms with Crippen molar-refractivity contribution in [1.29, 1.82) is 0 Å². The van der Waals surface area contributed by atoms with Crippen LogP contribution in [0.1, 0.15) is 24.0 Å². The number of fused-ring (bicyclic) bond motifs is 6. The van der Waals surface area contributed by atoms with E-state index in [1.54, 1.807) is 0 Å². The molecule has 0 aliphatic heterocycles. The first-order chi connectivity index (χ1) is 18.8. The predicted octanol–water partition coefficient (Wildman–Crippen LogP) is 10.4. The second-order valence-electron chi connectivity index (χ2n) is 10.1. The van der Waals surface area contributed by atoms with Crippen molar-refractivity contribution in [2.45, 2.75) is 12.8 Å². The van der Waals surface area contributed by atoms with E-state index in [-0.39, 0.29) is 0 Å². The van der Waals surface area contributed by atoms with Crippen molar-refractivity contribution in [3.8, 4) is 5.69 Å². The van der Waals surface area contributed by atoms with Crippen LogP contribution in [0.3, 0.4) is 0 Å². The predicted molar refractivity (Wildman–Crippen MR) is 165 cm³/mol. The molecule has 8 rings (SSSR count). The Hall–Kier alpha value is -4.40. The fourth-order valence-electron chi connectivity index (χ4n) is 6.07. The van der Waals surface area contributed by atoms with Crippen LogP contribution in [0, 0.1) is 0 Å². The lowest BCUT2D eigenvalue weighted by atomic mass is 9.90. The maximum atomic E-state index is 2.43. The zero-order chi connectivity index (χ0) is 25.1. The molecule has 2 aromatic heterocycles. The van der Waals surface area contributed by atoms with Crippen molar-refractivity contribution in [1.82, 2.24) is 4.57 Å². The second-order valence-corrected chi connectivity index (χ2v) is 11.2. The molecule has 0 amide bonds. The summed E-state index contributed by atoms with van der Waals surface area (Å²) in [6.07, 6.45) is 6.90. The molecule has 38 heavy (non-hydrogen) atoms. The van der Waals surface area contributed by atoms with Crippen molar-refractivity contribution >= 4 is 64.5 Å². The molecule has 0 fully saturated rings. The van der Waals surface area contributed by atoms with Gasteiger partial charge in [0.2, 0.25) is 0 Å². The highest BCUT2D eigenvalue weighted by atomic mass is 32.1. The molecule has 5 aromatic carbocycles. The molecular weight excluding hydrogens is 478 g/mol. The van der Waals surface area contributed by atoms with Crippen LogP contribution < -0.4 is 0 Å². The van der Waals surface area contributed by atoms with E-state index in [1.807, 2.05) is 11.3 Å². The topological polar surface area (TPSA) is 4.93 Å². The van der Waals surface area contributed by atoms with Gasteiger partial charge >= 0.3 is 0 Å². The van der Waals surface area contributed by atoms with E-state index in [0.29, 0.717) is 0 Å². The van der Waals surface area contributed by atoms with Gasteiger partial charge in [-0.25, -0.2) is 0 Å². The van der Waals surface area contributed by atoms with E-state index >= 15 is 0 Å². The molecule has 0 saturated heterocycles. The molecule has 1 nitrogen and oxygen atoms in total. The number of para-hydroxylation sites is 1. The number of hydrogen-bond acceptors (Lipinski definition) is 1. The molecule has 0 spiro atoms. The lowest BCUT2D eigenvalue weighted by Crippen LogP contribution is -1.95. The molecule has 0 unspecified atom stereocenters. The van der Waals surface area contributed by atoms with Gasteiger partial charge in [0.25, 0.3) is 0 Å². The third-order valence-electron chi connectivity index (χ3n) is 7.88. The van der Waals surface area contributed by atoms with Crippen molar-refractivity contribution < 1.29 is 0 Å². The summed E-state index contributed by atoms with van der Waals surface area (Å²) >= 11 is 1.88. The summed E-state index contributed by atoms with van der Waals surface area (Å²) in [6, 6.07) is 42.2. The third kappa shape index (κ3) is 3.38. The van der Waals surface area contributed by atoms with Crippen LogP contribution in [-0.4, -0.2) is 4.57 Å². The molecule has 0 atom stereocenters. The van der Waals surface area contributed by atoms with Crippen molar-refractivity contribution in [3.05, 3.63) is 139 Å². The number of rotatable bonds is 3. The fourth-order valence-corrected chi connectivity index (χ4v) is 7.21. The maximum Gasteiger partial charge on any atom is 0.0541 e. The minimum Gasteiger partial charge on any atom is -0.309 e. The molecule has 0 radical (unpaired) electrons. The van der Waals surface area contributed by atoms with Gasteiger partial charge in [0, 0.05) is 36.6 Å². The molecule has 2 heterocycles. The SMILES string of the molecule is C1=C(c2ccccc2)C=C(c2ccc3c(c2)c2ccccc2n3-c2ccc3c(c2)sc2ccccc23)CC1. The van der Waals surface area contributed by atoms with Gasteiger partial charge in [-0.2, -0.15) is 0 Å². The van der Waals surface area contributed by atoms with E-state index in [1.165, 1.54) is 69.9 Å². The van der Waals surface area contributed by atoms with Crippen LogP contribution in [-0.2, 0) is 0 Å². The fraction of sp³-hybridized carbons (Fsp3) is 0.0556. The summed E-state index contributed by atoms with van der Waals surface area (Å²) in [7, 11) is 0. The standard InChI is InChI=1S/C36H25NS/c1-2-9-24(10-3-1)25-11-8-12-26(21-25)27-17-20-34-32(22-27)29-13-4-6-15-33(29)37(34)28-18-19-31-30-14-5-7-16-35(30)38-36(31)23-28/h1-7,9-11,13-23H,8,12H2. The first kappa shape index (κ1) is 21.7. The molecule has 180 valence electrons. The van der Waals surface area contributed by atoms with E-state index < -0.39 is 0 Å². The van der Waals surface area contributed by atoms with Gasteiger partial charge in [0.1, 0.15) is 0 Å². The number of hydrogen-bond donors (Lipinski definition) is 0. The molecule has 7 aromatic rings. The normalized spacial score (nSPS) is 13.9. The average molecular weight is 504 g/mol. The first-order valence-corrected chi connectivity index (χ1v) is 14.1. The van der Waals surface area contributed by atoms with E-state index in [9.17, 15) is 0 Å². The Morgan fingerprint density at radius 2 is 1.32 bits per heavy atom. The molecule has 0 bridgehead atoms. The van der Waals surface area contributed by atoms with Crippen LogP contribution in [0.2, 0.25) is 0 Å². The van der Waals surface area contributed by atoms with Gasteiger partial charge in [0.15, 0.2) is 0 Å². The van der Waals surface area contributed by atoms with Crippen molar-refractivity contribution in [3.63, 3.8) is 0 Å². The molecule has 0 N–H and O–H groups in total. The summed E-state index contributed by atoms with van der Waals surface area (Å²) in [5.41, 5.74) is 9.08. The summed E-state index contributed by atoms with van der Waals surface area (Å²) in [4.78, 5) is 0. The van der Waals surface area contributed by atoms with Gasteiger partial charge in [0.05, 0.1) is 11.0 Å². The minimum atomic E-state index is 1.07. The monoisotopic (exact) mass is 503 g/mol. The zero-order valence-electron chi connectivity index (χ0n) is 20.9. The molecular formula is C36H25NS. The highest BCUT2D eigenvalue weighted by Crippen LogP contribution is 2.39. The molecule has 1 aliphatic rings. The van der Waals surface area contributed by atoms with Gasteiger partial charge in [-0.1, -0.05) is 91.0 Å². The van der Waals surface area contributed by atoms with Gasteiger partial charge < -0.3 is 4.57 Å². The maximum absolute atomic E-state index is 2.43. The van der Waals surface area contributed by atoms with Crippen LogP contribution in [0.25, 0.3) is 58.8 Å². The van der Waals surface area contributed by atoms with Crippen LogP contribution in [0.15, 0.2) is 127 Å². The van der Waals surface area contributed by atoms with Gasteiger partial charge in [-0.3, -0.25) is 0 Å². The smallest absolute Gasteiger partial charge is 0.0541 e. The van der Waals surface area contributed by atoms with Crippen LogP contribution in [0.5, 0.6) is 0 Å². The number of nitrogens with zero attached hydrogens (tertiary/aromatic N) is 1. The Morgan fingerprint density at radius 3 is 2.24 bits per heavy atom. The van der Waals surface area contributed by atoms with Crippen LogP contribution >= 0.6 is 11.3 Å². The summed E-state index contributed by atoms with van der Waals surface area (Å²) in [5.74, 6) is 0. The van der Waals surface area contributed by atoms with Gasteiger partial charge in [-0.15, -0.1) is 11.3 Å². The highest BCUT2D eigenvalue weighted by Gasteiger charge is 2.16. The van der Waals surface area contributed by atoms with E-state index in [2.05, 4.69) is 132 Å². The summed E-state index contributed by atoms with van der Waals surface area (Å²) in [6.45, 7) is 0. The molecule has 0 saturated carbocycles. The molecule has 1 aliphatic carbocycles. The first-order valence-electron chi connectivity index (χ1n) is 13.2. The summed E-state index contributed by atoms with van der Waals surface area (Å²) in [5, 5.41) is 5.29. The Morgan fingerprint density at radius 1 is 0.553 bits per heavy atom. The number of aromatic nitrogens is 1. The zero-order valence-corrected chi connectivity index (χ0v) is 21.7. The molecule has 2 heteroatoms. The minimum absolute atomic E-state index is 1.07. The number of benzene rings is 5. The Bertz CT molecular complexity index is 2070.